The lowest BCUT2D eigenvalue weighted by Gasteiger charge is -2.13. The summed E-state index contributed by atoms with van der Waals surface area (Å²) in [6, 6.07) is 0.242. The molecule has 0 bridgehead atoms. The molecule has 0 aromatic carbocycles. The number of hydrogen-bond donors (Lipinski definition) is 1. The van der Waals surface area contributed by atoms with Crippen molar-refractivity contribution in [2.24, 2.45) is 13.0 Å². The molecule has 0 saturated carbocycles. The van der Waals surface area contributed by atoms with Crippen molar-refractivity contribution in [1.29, 1.82) is 0 Å². The summed E-state index contributed by atoms with van der Waals surface area (Å²) in [6.45, 7) is 2.94. The van der Waals surface area contributed by atoms with Gasteiger partial charge in [-0.15, -0.1) is 0 Å². The van der Waals surface area contributed by atoms with Gasteiger partial charge in [-0.25, -0.2) is 4.98 Å². The average molecular weight is 228 g/mol. The van der Waals surface area contributed by atoms with Crippen molar-refractivity contribution in [3.8, 4) is 0 Å². The van der Waals surface area contributed by atoms with Gasteiger partial charge < -0.3 is 9.88 Å². The second-order valence-corrected chi connectivity index (χ2v) is 4.31. The van der Waals surface area contributed by atoms with E-state index in [4.69, 9.17) is 11.6 Å². The molecule has 2 rings (SSSR count). The van der Waals surface area contributed by atoms with E-state index in [9.17, 15) is 4.79 Å². The van der Waals surface area contributed by atoms with Crippen molar-refractivity contribution in [3.05, 3.63) is 17.2 Å². The minimum absolute atomic E-state index is 0.0523. The lowest BCUT2D eigenvalue weighted by Crippen LogP contribution is -2.29. The van der Waals surface area contributed by atoms with Crippen LogP contribution in [0.3, 0.4) is 0 Å². The largest absolute Gasteiger partial charge is 0.315 e. The van der Waals surface area contributed by atoms with Crippen molar-refractivity contribution >= 4 is 17.4 Å². The Morgan fingerprint density at radius 1 is 1.73 bits per heavy atom. The summed E-state index contributed by atoms with van der Waals surface area (Å²) in [5.74, 6) is 0.186. The van der Waals surface area contributed by atoms with E-state index in [1.807, 2.05) is 6.92 Å². The number of hydrogen-bond acceptors (Lipinski definition) is 3. The van der Waals surface area contributed by atoms with Gasteiger partial charge in [0.25, 0.3) is 0 Å². The fourth-order valence-corrected chi connectivity index (χ4v) is 2.16. The molecule has 0 radical (unpaired) electrons. The van der Waals surface area contributed by atoms with Crippen LogP contribution in [0.1, 0.15) is 23.8 Å². The molecular weight excluding hydrogens is 214 g/mol. The van der Waals surface area contributed by atoms with E-state index in [-0.39, 0.29) is 17.7 Å². The standard InChI is InChI=1S/C10H14ClN3O/c1-6-7(3-4-12-6)9(15)8-5-13-10(11)14(8)2/h5-7,12H,3-4H2,1-2H3. The lowest BCUT2D eigenvalue weighted by molar-refractivity contribution is 0.0905. The van der Waals surface area contributed by atoms with Gasteiger partial charge in [0.05, 0.1) is 6.20 Å². The molecule has 1 aliphatic rings. The number of carbonyl (C=O) groups is 1. The van der Waals surface area contributed by atoms with Crippen LogP contribution in [0, 0.1) is 5.92 Å². The first kappa shape index (κ1) is 10.6. The minimum Gasteiger partial charge on any atom is -0.315 e. The number of ketones is 1. The first-order chi connectivity index (χ1) is 7.11. The van der Waals surface area contributed by atoms with E-state index < -0.39 is 0 Å². The van der Waals surface area contributed by atoms with Gasteiger partial charge in [-0.2, -0.15) is 0 Å². The van der Waals surface area contributed by atoms with Crippen molar-refractivity contribution < 1.29 is 4.79 Å². The Kier molecular flexibility index (Phi) is 2.80. The first-order valence-corrected chi connectivity index (χ1v) is 5.44. The van der Waals surface area contributed by atoms with E-state index in [1.165, 1.54) is 0 Å². The van der Waals surface area contributed by atoms with Gasteiger partial charge >= 0.3 is 0 Å². The Balaban J connectivity index is 2.24. The van der Waals surface area contributed by atoms with Crippen LogP contribution in [-0.2, 0) is 7.05 Å². The number of carbonyl (C=O) groups excluding carboxylic acids is 1. The van der Waals surface area contributed by atoms with Crippen LogP contribution in [0.4, 0.5) is 0 Å². The topological polar surface area (TPSA) is 46.9 Å². The number of aromatic nitrogens is 2. The third-order valence-corrected chi connectivity index (χ3v) is 3.40. The van der Waals surface area contributed by atoms with Crippen LogP contribution >= 0.6 is 11.6 Å². The smallest absolute Gasteiger partial charge is 0.202 e. The molecule has 1 saturated heterocycles. The molecule has 1 aromatic rings. The molecular formula is C10H14ClN3O. The number of nitrogens with zero attached hydrogens (tertiary/aromatic N) is 2. The number of imidazole rings is 1. The van der Waals surface area contributed by atoms with Crippen molar-refractivity contribution in [3.63, 3.8) is 0 Å². The summed E-state index contributed by atoms with van der Waals surface area (Å²) in [5, 5.41) is 3.62. The van der Waals surface area contributed by atoms with E-state index in [1.54, 1.807) is 17.8 Å². The number of rotatable bonds is 2. The van der Waals surface area contributed by atoms with Crippen LogP contribution < -0.4 is 5.32 Å². The molecule has 2 heterocycles. The van der Waals surface area contributed by atoms with E-state index >= 15 is 0 Å². The fraction of sp³-hybridized carbons (Fsp3) is 0.600. The highest BCUT2D eigenvalue weighted by atomic mass is 35.5. The van der Waals surface area contributed by atoms with Crippen LogP contribution in [-0.4, -0.2) is 27.9 Å². The van der Waals surface area contributed by atoms with E-state index in [2.05, 4.69) is 10.3 Å². The zero-order valence-corrected chi connectivity index (χ0v) is 9.58. The summed E-state index contributed by atoms with van der Waals surface area (Å²) in [7, 11) is 1.76. The van der Waals surface area contributed by atoms with Gasteiger partial charge in [0.15, 0.2) is 5.78 Å². The third kappa shape index (κ3) is 1.79. The zero-order valence-electron chi connectivity index (χ0n) is 8.83. The van der Waals surface area contributed by atoms with Crippen molar-refractivity contribution in [2.75, 3.05) is 6.54 Å². The van der Waals surface area contributed by atoms with Gasteiger partial charge in [0.2, 0.25) is 5.28 Å². The molecule has 2 atom stereocenters. The molecule has 1 aliphatic heterocycles. The monoisotopic (exact) mass is 227 g/mol. The molecule has 82 valence electrons. The van der Waals surface area contributed by atoms with Crippen LogP contribution in [0.15, 0.2) is 6.20 Å². The molecule has 5 heteroatoms. The Bertz CT molecular complexity index is 388. The summed E-state index contributed by atoms with van der Waals surface area (Å²) in [6.07, 6.45) is 2.44. The highest BCUT2D eigenvalue weighted by Crippen LogP contribution is 2.21. The Morgan fingerprint density at radius 3 is 2.93 bits per heavy atom. The highest BCUT2D eigenvalue weighted by molar-refractivity contribution is 6.28. The molecule has 15 heavy (non-hydrogen) atoms. The normalized spacial score (nSPS) is 25.8. The SMILES string of the molecule is CC1NCCC1C(=O)c1cnc(Cl)n1C. The Labute approximate surface area is 93.6 Å². The maximum Gasteiger partial charge on any atom is 0.202 e. The summed E-state index contributed by atoms with van der Waals surface area (Å²) >= 11 is 5.80. The number of halogens is 1. The lowest BCUT2D eigenvalue weighted by atomic mass is 9.95. The molecule has 0 spiro atoms. The number of nitrogens with one attached hydrogen (secondary N) is 1. The van der Waals surface area contributed by atoms with Crippen LogP contribution in [0.25, 0.3) is 0 Å². The molecule has 4 nitrogen and oxygen atoms in total. The highest BCUT2D eigenvalue weighted by Gasteiger charge is 2.31. The van der Waals surface area contributed by atoms with Crippen LogP contribution in [0.5, 0.6) is 0 Å². The van der Waals surface area contributed by atoms with Crippen LogP contribution in [0.2, 0.25) is 5.28 Å². The van der Waals surface area contributed by atoms with Gasteiger partial charge in [0, 0.05) is 19.0 Å². The second kappa shape index (κ2) is 3.94. The van der Waals surface area contributed by atoms with Gasteiger partial charge in [-0.1, -0.05) is 0 Å². The second-order valence-electron chi connectivity index (χ2n) is 3.97. The quantitative estimate of drug-likeness (QED) is 0.774. The summed E-state index contributed by atoms with van der Waals surface area (Å²) in [5.41, 5.74) is 0.598. The Morgan fingerprint density at radius 2 is 2.47 bits per heavy atom. The first-order valence-electron chi connectivity index (χ1n) is 5.06. The molecule has 0 aliphatic carbocycles. The maximum atomic E-state index is 12.1. The molecule has 1 aromatic heterocycles. The van der Waals surface area contributed by atoms with Gasteiger partial charge in [-0.3, -0.25) is 4.79 Å². The van der Waals surface area contributed by atoms with E-state index in [0.29, 0.717) is 11.0 Å². The summed E-state index contributed by atoms with van der Waals surface area (Å²) < 4.78 is 1.63. The van der Waals surface area contributed by atoms with Crippen molar-refractivity contribution in [1.82, 2.24) is 14.9 Å². The third-order valence-electron chi connectivity index (χ3n) is 3.05. The van der Waals surface area contributed by atoms with Crippen molar-refractivity contribution in [2.45, 2.75) is 19.4 Å². The minimum atomic E-state index is 0.0523. The fourth-order valence-electron chi connectivity index (χ4n) is 2.02. The number of Topliss-reactive ketones (excluding diaryl/α,β-unsaturated/α-hetero) is 1. The molecule has 2 unspecified atom stereocenters. The maximum absolute atomic E-state index is 12.1. The molecule has 1 N–H and O–H groups in total. The molecule has 0 amide bonds. The van der Waals surface area contributed by atoms with Gasteiger partial charge in [-0.05, 0) is 31.5 Å². The zero-order chi connectivity index (χ0) is 11.0. The van der Waals surface area contributed by atoms with Gasteiger partial charge in [0.1, 0.15) is 5.69 Å². The summed E-state index contributed by atoms with van der Waals surface area (Å²) in [4.78, 5) is 16.1. The Hall–Kier alpha value is -0.870. The predicted octanol–water partition coefficient (Wildman–Crippen LogP) is 1.25. The molecule has 1 fully saturated rings. The average Bonchev–Trinajstić information content (AvgIpc) is 2.75. The van der Waals surface area contributed by atoms with E-state index in [0.717, 1.165) is 13.0 Å². The predicted molar refractivity (Wildman–Crippen MR) is 58.1 cm³/mol.